The lowest BCUT2D eigenvalue weighted by molar-refractivity contribution is 0.555. The number of allylic oxidation sites excluding steroid dienone is 3. The van der Waals surface area contributed by atoms with Crippen molar-refractivity contribution in [1.82, 2.24) is 0 Å². The lowest BCUT2D eigenvalue weighted by Crippen LogP contribution is -1.86. The average molecular weight is 335 g/mol. The van der Waals surface area contributed by atoms with Crippen molar-refractivity contribution in [3.05, 3.63) is 24.3 Å². The van der Waals surface area contributed by atoms with E-state index in [0.717, 1.165) is 0 Å². The van der Waals surface area contributed by atoms with Gasteiger partial charge in [0.15, 0.2) is 0 Å². The van der Waals surface area contributed by atoms with Gasteiger partial charge in [-0.05, 0) is 45.4 Å². The van der Waals surface area contributed by atoms with E-state index < -0.39 is 0 Å². The van der Waals surface area contributed by atoms with Gasteiger partial charge in [0.05, 0.1) is 0 Å². The Hall–Kier alpha value is -0.520. The zero-order valence-electron chi connectivity index (χ0n) is 17.1. The van der Waals surface area contributed by atoms with Crippen molar-refractivity contribution in [2.24, 2.45) is 0 Å². The second-order valence-corrected chi connectivity index (χ2v) is 7.56. The molecule has 0 aliphatic heterocycles. The van der Waals surface area contributed by atoms with E-state index >= 15 is 0 Å². The molecule has 0 aromatic rings. The van der Waals surface area contributed by atoms with Gasteiger partial charge < -0.3 is 0 Å². The van der Waals surface area contributed by atoms with E-state index in [0.29, 0.717) is 0 Å². The minimum atomic E-state index is 1.28. The van der Waals surface area contributed by atoms with Crippen LogP contribution in [0.1, 0.15) is 129 Å². The molecule has 0 spiro atoms. The molecule has 24 heavy (non-hydrogen) atoms. The van der Waals surface area contributed by atoms with Crippen LogP contribution in [0.4, 0.5) is 0 Å². The molecule has 0 nitrogen and oxygen atoms in total. The van der Waals surface area contributed by atoms with E-state index in [1.807, 2.05) is 0 Å². The van der Waals surface area contributed by atoms with Gasteiger partial charge in [-0.3, -0.25) is 0 Å². The monoisotopic (exact) mass is 334 g/mol. The van der Waals surface area contributed by atoms with E-state index in [9.17, 15) is 0 Å². The molecule has 0 aromatic carbocycles. The van der Waals surface area contributed by atoms with Crippen LogP contribution in [0.15, 0.2) is 24.3 Å². The molecular weight excluding hydrogens is 288 g/mol. The van der Waals surface area contributed by atoms with Gasteiger partial charge in [0.25, 0.3) is 0 Å². The summed E-state index contributed by atoms with van der Waals surface area (Å²) < 4.78 is 0. The first-order chi connectivity index (χ1) is 11.8. The first-order valence-corrected chi connectivity index (χ1v) is 11.1. The molecule has 0 aliphatic rings. The fourth-order valence-corrected chi connectivity index (χ4v) is 3.32. The van der Waals surface area contributed by atoms with Crippen molar-refractivity contribution in [2.45, 2.75) is 129 Å². The minimum absolute atomic E-state index is 1.28. The Morgan fingerprint density at radius 1 is 0.625 bits per heavy atom. The molecule has 0 saturated heterocycles. The zero-order chi connectivity index (χ0) is 17.7. The Balaban J connectivity index is 3.14. The van der Waals surface area contributed by atoms with Crippen LogP contribution in [-0.4, -0.2) is 0 Å². The van der Waals surface area contributed by atoms with Crippen LogP contribution in [0.25, 0.3) is 0 Å². The Morgan fingerprint density at radius 2 is 1.04 bits per heavy atom. The first-order valence-electron chi connectivity index (χ1n) is 11.1. The van der Waals surface area contributed by atoms with Crippen LogP contribution in [-0.2, 0) is 0 Å². The van der Waals surface area contributed by atoms with Crippen LogP contribution in [0.2, 0.25) is 0 Å². The summed E-state index contributed by atoms with van der Waals surface area (Å²) in [5, 5.41) is 0. The second-order valence-electron chi connectivity index (χ2n) is 7.56. The van der Waals surface area contributed by atoms with Crippen LogP contribution in [0, 0.1) is 0 Å². The summed E-state index contributed by atoms with van der Waals surface area (Å²) in [4.78, 5) is 0. The molecule has 0 radical (unpaired) electrons. The molecule has 0 unspecified atom stereocenters. The molecule has 0 amide bonds. The van der Waals surface area contributed by atoms with E-state index in [1.54, 1.807) is 0 Å². The van der Waals surface area contributed by atoms with E-state index in [1.165, 1.54) is 121 Å². The Labute approximate surface area is 154 Å². The highest BCUT2D eigenvalue weighted by Gasteiger charge is 1.97. The zero-order valence-corrected chi connectivity index (χ0v) is 17.1. The predicted octanol–water partition coefficient (Wildman–Crippen LogP) is 9.16. The van der Waals surface area contributed by atoms with Crippen LogP contribution in [0.3, 0.4) is 0 Å². The van der Waals surface area contributed by atoms with Crippen LogP contribution < -0.4 is 0 Å². The summed E-state index contributed by atoms with van der Waals surface area (Å²) in [5.41, 5.74) is 1.51. The van der Waals surface area contributed by atoms with Crippen molar-refractivity contribution in [2.75, 3.05) is 0 Å². The molecule has 0 heterocycles. The standard InChI is InChI=1S/C24H46/c1-4-6-8-10-12-13-14-15-16-17-19-21-23-24(3)22-20-18-11-9-7-5-2/h4,6H,3,5,7-23H2,1-2H3. The second kappa shape index (κ2) is 20.5. The van der Waals surface area contributed by atoms with Crippen molar-refractivity contribution in [3.8, 4) is 0 Å². The molecule has 0 heteroatoms. The Morgan fingerprint density at radius 3 is 1.50 bits per heavy atom. The molecule has 0 atom stereocenters. The largest absolute Gasteiger partial charge is 0.0999 e. The quantitative estimate of drug-likeness (QED) is 0.163. The minimum Gasteiger partial charge on any atom is -0.0999 e. The van der Waals surface area contributed by atoms with Crippen molar-refractivity contribution in [3.63, 3.8) is 0 Å². The third-order valence-electron chi connectivity index (χ3n) is 5.02. The van der Waals surface area contributed by atoms with E-state index in [-0.39, 0.29) is 0 Å². The summed E-state index contributed by atoms with van der Waals surface area (Å²) in [7, 11) is 0. The van der Waals surface area contributed by atoms with Gasteiger partial charge in [0.2, 0.25) is 0 Å². The first kappa shape index (κ1) is 23.5. The Bertz CT molecular complexity index is 274. The number of hydrogen-bond donors (Lipinski definition) is 0. The van der Waals surface area contributed by atoms with Crippen LogP contribution >= 0.6 is 0 Å². The molecule has 0 fully saturated rings. The maximum absolute atomic E-state index is 4.27. The number of hydrogen-bond acceptors (Lipinski definition) is 0. The van der Waals surface area contributed by atoms with Crippen molar-refractivity contribution < 1.29 is 0 Å². The Kier molecular flexibility index (Phi) is 20.1. The molecule has 0 rings (SSSR count). The van der Waals surface area contributed by atoms with E-state index in [2.05, 4.69) is 32.6 Å². The molecule has 0 saturated carbocycles. The summed E-state index contributed by atoms with van der Waals surface area (Å²) in [6.45, 7) is 8.67. The summed E-state index contributed by atoms with van der Waals surface area (Å²) in [5.74, 6) is 0. The van der Waals surface area contributed by atoms with Gasteiger partial charge >= 0.3 is 0 Å². The molecule has 0 aliphatic carbocycles. The van der Waals surface area contributed by atoms with Gasteiger partial charge in [0, 0.05) is 0 Å². The fourth-order valence-electron chi connectivity index (χ4n) is 3.32. The molecule has 0 bridgehead atoms. The summed E-state index contributed by atoms with van der Waals surface area (Å²) in [6, 6.07) is 0. The molecule has 142 valence electrons. The lowest BCUT2D eigenvalue weighted by Gasteiger charge is -2.06. The molecule has 0 aromatic heterocycles. The van der Waals surface area contributed by atoms with Gasteiger partial charge in [-0.15, -0.1) is 0 Å². The molecule has 0 N–H and O–H groups in total. The summed E-state index contributed by atoms with van der Waals surface area (Å²) in [6.07, 6.45) is 29.5. The maximum Gasteiger partial charge on any atom is -0.0323 e. The third kappa shape index (κ3) is 19.5. The molecular formula is C24H46. The highest BCUT2D eigenvalue weighted by Crippen LogP contribution is 2.17. The highest BCUT2D eigenvalue weighted by atomic mass is 14.0. The van der Waals surface area contributed by atoms with Gasteiger partial charge in [-0.1, -0.05) is 108 Å². The normalized spacial score (nSPS) is 11.4. The van der Waals surface area contributed by atoms with E-state index in [4.69, 9.17) is 0 Å². The van der Waals surface area contributed by atoms with Gasteiger partial charge in [-0.2, -0.15) is 0 Å². The fraction of sp³-hybridized carbons (Fsp3) is 0.833. The van der Waals surface area contributed by atoms with Crippen molar-refractivity contribution >= 4 is 0 Å². The third-order valence-corrected chi connectivity index (χ3v) is 5.02. The maximum atomic E-state index is 4.27. The van der Waals surface area contributed by atoms with Crippen LogP contribution in [0.5, 0.6) is 0 Å². The topological polar surface area (TPSA) is 0 Å². The lowest BCUT2D eigenvalue weighted by atomic mass is 10.0. The van der Waals surface area contributed by atoms with Crippen molar-refractivity contribution in [1.29, 1.82) is 0 Å². The highest BCUT2D eigenvalue weighted by molar-refractivity contribution is 4.93. The predicted molar refractivity (Wildman–Crippen MR) is 113 cm³/mol. The number of unbranched alkanes of at least 4 members (excludes halogenated alkanes) is 14. The average Bonchev–Trinajstić information content (AvgIpc) is 2.59. The van der Waals surface area contributed by atoms with Gasteiger partial charge in [0.1, 0.15) is 0 Å². The smallest absolute Gasteiger partial charge is 0.0323 e. The summed E-state index contributed by atoms with van der Waals surface area (Å²) >= 11 is 0. The SMILES string of the molecule is C=C(CCCCCCCC)CCCCCCCCCCCC=CC. The van der Waals surface area contributed by atoms with Gasteiger partial charge in [-0.25, -0.2) is 0 Å². The number of rotatable bonds is 19.